The number of imidazole rings is 1. The Morgan fingerprint density at radius 3 is 2.78 bits per heavy atom. The first-order chi connectivity index (χ1) is 8.60. The van der Waals surface area contributed by atoms with Crippen LogP contribution in [0.25, 0.3) is 11.2 Å². The van der Waals surface area contributed by atoms with Crippen LogP contribution in [0.2, 0.25) is 0 Å². The number of rotatable bonds is 5. The topological polar surface area (TPSA) is 44.9 Å². The molecule has 2 heterocycles. The van der Waals surface area contributed by atoms with Crippen molar-refractivity contribution in [2.45, 2.75) is 32.2 Å². The van der Waals surface area contributed by atoms with Crippen LogP contribution < -0.4 is 0 Å². The second-order valence-electron chi connectivity index (χ2n) is 4.54. The third-order valence-electron chi connectivity index (χ3n) is 3.21. The molecule has 1 atom stereocenters. The fraction of sp³-hybridized carbons (Fsp3) is 0.667. The standard InChI is InChI=1S/C12H19ClN4O/c1-8(5-6-18-4)17-10(7-13)14-11-9(2)15-16(3)12(11)17/h8H,5-7H2,1-4H3. The first-order valence-corrected chi connectivity index (χ1v) is 6.58. The average molecular weight is 271 g/mol. The molecule has 100 valence electrons. The third-order valence-corrected chi connectivity index (χ3v) is 3.45. The van der Waals surface area contributed by atoms with Gasteiger partial charge in [-0.1, -0.05) is 0 Å². The van der Waals surface area contributed by atoms with Crippen LogP contribution in [0.1, 0.15) is 30.9 Å². The molecule has 0 aliphatic carbocycles. The maximum atomic E-state index is 6.00. The lowest BCUT2D eigenvalue weighted by atomic mass is 10.2. The Morgan fingerprint density at radius 2 is 2.17 bits per heavy atom. The van der Waals surface area contributed by atoms with Gasteiger partial charge < -0.3 is 9.30 Å². The predicted molar refractivity (Wildman–Crippen MR) is 72.0 cm³/mol. The molecule has 0 aliphatic rings. The predicted octanol–water partition coefficient (Wildman–Crippen LogP) is 2.41. The average Bonchev–Trinajstić information content (AvgIpc) is 2.85. The van der Waals surface area contributed by atoms with Gasteiger partial charge in [0.1, 0.15) is 11.3 Å². The number of fused-ring (bicyclic) bond motifs is 1. The van der Waals surface area contributed by atoms with Crippen LogP contribution in [0.15, 0.2) is 0 Å². The molecule has 0 aliphatic heterocycles. The Kier molecular flexibility index (Phi) is 3.92. The highest BCUT2D eigenvalue weighted by Gasteiger charge is 2.20. The van der Waals surface area contributed by atoms with Crippen LogP contribution >= 0.6 is 11.6 Å². The van der Waals surface area contributed by atoms with E-state index >= 15 is 0 Å². The molecule has 0 aromatic carbocycles. The summed E-state index contributed by atoms with van der Waals surface area (Å²) in [5, 5.41) is 4.41. The highest BCUT2D eigenvalue weighted by Crippen LogP contribution is 2.25. The highest BCUT2D eigenvalue weighted by molar-refractivity contribution is 6.16. The fourth-order valence-corrected chi connectivity index (χ4v) is 2.50. The van der Waals surface area contributed by atoms with Crippen LogP contribution in [-0.4, -0.2) is 33.0 Å². The Hall–Kier alpha value is -1.07. The van der Waals surface area contributed by atoms with Gasteiger partial charge in [0.25, 0.3) is 0 Å². The van der Waals surface area contributed by atoms with E-state index in [-0.39, 0.29) is 0 Å². The molecule has 0 bridgehead atoms. The second kappa shape index (κ2) is 5.28. The summed E-state index contributed by atoms with van der Waals surface area (Å²) in [4.78, 5) is 4.59. The summed E-state index contributed by atoms with van der Waals surface area (Å²) in [6, 6.07) is 0.290. The van der Waals surface area contributed by atoms with Crippen molar-refractivity contribution in [3.8, 4) is 0 Å². The molecule has 2 aromatic heterocycles. The smallest absolute Gasteiger partial charge is 0.158 e. The van der Waals surface area contributed by atoms with Crippen LogP contribution in [0.5, 0.6) is 0 Å². The molecular weight excluding hydrogens is 252 g/mol. The van der Waals surface area contributed by atoms with Gasteiger partial charge >= 0.3 is 0 Å². The van der Waals surface area contributed by atoms with Crippen LogP contribution in [0.4, 0.5) is 0 Å². The van der Waals surface area contributed by atoms with Gasteiger partial charge in [-0.05, 0) is 20.3 Å². The lowest BCUT2D eigenvalue weighted by Gasteiger charge is -2.16. The lowest BCUT2D eigenvalue weighted by molar-refractivity contribution is 0.181. The minimum atomic E-state index is 0.290. The normalized spacial score (nSPS) is 13.4. The van der Waals surface area contributed by atoms with E-state index in [2.05, 4.69) is 21.6 Å². The molecule has 0 saturated heterocycles. The van der Waals surface area contributed by atoms with Gasteiger partial charge in [-0.25, -0.2) is 4.98 Å². The molecule has 0 amide bonds. The molecule has 5 nitrogen and oxygen atoms in total. The number of alkyl halides is 1. The number of methoxy groups -OCH3 is 1. The zero-order valence-corrected chi connectivity index (χ0v) is 12.0. The van der Waals surface area contributed by atoms with Crippen LogP contribution in [-0.2, 0) is 17.7 Å². The number of hydrogen-bond donors (Lipinski definition) is 0. The first kappa shape index (κ1) is 13.4. The Balaban J connectivity index is 2.52. The number of hydrogen-bond acceptors (Lipinski definition) is 3. The van der Waals surface area contributed by atoms with Gasteiger partial charge in [0.2, 0.25) is 0 Å². The van der Waals surface area contributed by atoms with E-state index < -0.39 is 0 Å². The summed E-state index contributed by atoms with van der Waals surface area (Å²) in [6.45, 7) is 4.84. The van der Waals surface area contributed by atoms with Crippen LogP contribution in [0.3, 0.4) is 0 Å². The van der Waals surface area contributed by atoms with Crippen molar-refractivity contribution in [2.75, 3.05) is 13.7 Å². The SMILES string of the molecule is COCCC(C)n1c(CCl)nc2c(C)nn(C)c21. The van der Waals surface area contributed by atoms with Crippen molar-refractivity contribution in [3.63, 3.8) is 0 Å². The highest BCUT2D eigenvalue weighted by atomic mass is 35.5. The van der Waals surface area contributed by atoms with E-state index in [4.69, 9.17) is 16.3 Å². The molecular formula is C12H19ClN4O. The molecule has 0 spiro atoms. The number of ether oxygens (including phenoxy) is 1. The van der Waals surface area contributed by atoms with Gasteiger partial charge in [-0.3, -0.25) is 4.68 Å². The summed E-state index contributed by atoms with van der Waals surface area (Å²) >= 11 is 6.00. The number of aromatic nitrogens is 4. The summed E-state index contributed by atoms with van der Waals surface area (Å²) in [7, 11) is 3.65. The van der Waals surface area contributed by atoms with Gasteiger partial charge in [-0.15, -0.1) is 11.6 Å². The van der Waals surface area contributed by atoms with E-state index in [0.29, 0.717) is 11.9 Å². The number of aryl methyl sites for hydroxylation is 2. The van der Waals surface area contributed by atoms with Crippen molar-refractivity contribution in [2.24, 2.45) is 7.05 Å². The molecule has 0 radical (unpaired) electrons. The van der Waals surface area contributed by atoms with E-state index in [1.54, 1.807) is 7.11 Å². The monoisotopic (exact) mass is 270 g/mol. The Bertz CT molecular complexity index is 546. The van der Waals surface area contributed by atoms with Gasteiger partial charge in [0.05, 0.1) is 11.6 Å². The molecule has 0 N–H and O–H groups in total. The molecule has 18 heavy (non-hydrogen) atoms. The zero-order valence-electron chi connectivity index (χ0n) is 11.3. The van der Waals surface area contributed by atoms with Crippen LogP contribution in [0, 0.1) is 6.92 Å². The van der Waals surface area contributed by atoms with Crippen molar-refractivity contribution in [3.05, 3.63) is 11.5 Å². The van der Waals surface area contributed by atoms with Crippen molar-refractivity contribution < 1.29 is 4.74 Å². The maximum absolute atomic E-state index is 6.00. The molecule has 2 rings (SSSR count). The summed E-state index contributed by atoms with van der Waals surface area (Å²) in [6.07, 6.45) is 0.927. The first-order valence-electron chi connectivity index (χ1n) is 6.05. The van der Waals surface area contributed by atoms with Gasteiger partial charge in [0, 0.05) is 26.8 Å². The molecule has 6 heteroatoms. The van der Waals surface area contributed by atoms with E-state index in [1.165, 1.54) is 0 Å². The summed E-state index contributed by atoms with van der Waals surface area (Å²) in [5.74, 6) is 1.30. The molecule has 0 saturated carbocycles. The third kappa shape index (κ3) is 2.12. The quantitative estimate of drug-likeness (QED) is 0.784. The van der Waals surface area contributed by atoms with Crippen molar-refractivity contribution >= 4 is 22.8 Å². The van der Waals surface area contributed by atoms with Gasteiger partial charge in [-0.2, -0.15) is 5.10 Å². The summed E-state index contributed by atoms with van der Waals surface area (Å²) in [5.41, 5.74) is 2.92. The fourth-order valence-electron chi connectivity index (χ4n) is 2.32. The largest absolute Gasteiger partial charge is 0.385 e. The second-order valence-corrected chi connectivity index (χ2v) is 4.81. The molecule has 2 aromatic rings. The number of halogens is 1. The van der Waals surface area contributed by atoms with Crippen molar-refractivity contribution in [1.82, 2.24) is 19.3 Å². The van der Waals surface area contributed by atoms with Gasteiger partial charge in [0.15, 0.2) is 5.65 Å². The van der Waals surface area contributed by atoms with E-state index in [0.717, 1.165) is 35.7 Å². The lowest BCUT2D eigenvalue weighted by Crippen LogP contribution is -2.13. The van der Waals surface area contributed by atoms with E-state index in [9.17, 15) is 0 Å². The maximum Gasteiger partial charge on any atom is 0.158 e. The Morgan fingerprint density at radius 1 is 1.44 bits per heavy atom. The Labute approximate surface area is 112 Å². The zero-order chi connectivity index (χ0) is 13.3. The minimum absolute atomic E-state index is 0.290. The van der Waals surface area contributed by atoms with Crippen molar-refractivity contribution in [1.29, 1.82) is 0 Å². The summed E-state index contributed by atoms with van der Waals surface area (Å²) < 4.78 is 9.18. The molecule has 0 fully saturated rings. The number of nitrogens with zero attached hydrogens (tertiary/aromatic N) is 4. The molecule has 1 unspecified atom stereocenters. The van der Waals surface area contributed by atoms with E-state index in [1.807, 2.05) is 18.7 Å². The minimum Gasteiger partial charge on any atom is -0.385 e.